The molecule has 1 heterocycles. The summed E-state index contributed by atoms with van der Waals surface area (Å²) in [6.45, 7) is 4.53. The molecule has 11 heteroatoms. The average Bonchev–Trinajstić information content (AvgIpc) is 2.68. The molecule has 1 fully saturated rings. The van der Waals surface area contributed by atoms with Crippen molar-refractivity contribution >= 4 is 39.1 Å². The molecule has 0 aromatic carbocycles. The molecule has 0 spiro atoms. The van der Waals surface area contributed by atoms with Crippen LogP contribution < -0.4 is 5.32 Å². The number of urea groups is 1. The number of imide groups is 1. The zero-order valence-corrected chi connectivity index (χ0v) is 14.0. The number of rotatable bonds is 4. The number of alkyl carbamates (subject to hydrolysis) is 1. The molecule has 1 aliphatic heterocycles. The first-order valence-electron chi connectivity index (χ1n) is 6.42. The van der Waals surface area contributed by atoms with Gasteiger partial charge in [0, 0.05) is 6.54 Å². The Morgan fingerprint density at radius 1 is 1.32 bits per heavy atom. The van der Waals surface area contributed by atoms with E-state index in [2.05, 4.69) is 5.32 Å². The van der Waals surface area contributed by atoms with Gasteiger partial charge in [0.15, 0.2) is 0 Å². The molecule has 0 aliphatic carbocycles. The van der Waals surface area contributed by atoms with E-state index in [-0.39, 0.29) is 19.6 Å². The van der Waals surface area contributed by atoms with Gasteiger partial charge in [-0.05, 0) is 32.4 Å². The molecule has 1 aliphatic rings. The molecule has 1 N–H and O–H groups in total. The van der Waals surface area contributed by atoms with Gasteiger partial charge in [-0.25, -0.2) is 27.2 Å². The maximum Gasteiger partial charge on any atom is 0.407 e. The Kier molecular flexibility index (Phi) is 5.63. The summed E-state index contributed by atoms with van der Waals surface area (Å²) in [6.07, 6.45) is -0.756. The van der Waals surface area contributed by atoms with E-state index in [9.17, 15) is 22.8 Å². The highest BCUT2D eigenvalue weighted by atomic mass is 35.5. The van der Waals surface area contributed by atoms with Crippen LogP contribution in [0, 0.1) is 0 Å². The van der Waals surface area contributed by atoms with Crippen molar-refractivity contribution in [3.05, 3.63) is 0 Å². The standard InChI is InChI=1S/C11H18ClN3O6S/c1-11(2,3)21-9(17)13-4-7-22(19,20)15-6-5-14(8(12)16)10(15)18/h4-7H2,1-3H3,(H,13,17). The van der Waals surface area contributed by atoms with Crippen molar-refractivity contribution in [1.82, 2.24) is 14.5 Å². The van der Waals surface area contributed by atoms with Gasteiger partial charge in [0.25, 0.3) is 0 Å². The number of ether oxygens (including phenoxy) is 1. The van der Waals surface area contributed by atoms with E-state index >= 15 is 0 Å². The third-order valence-electron chi connectivity index (χ3n) is 2.55. The minimum atomic E-state index is -3.95. The van der Waals surface area contributed by atoms with Crippen LogP contribution in [0.25, 0.3) is 0 Å². The Balaban J connectivity index is 2.54. The van der Waals surface area contributed by atoms with Crippen LogP contribution in [-0.2, 0) is 14.8 Å². The summed E-state index contributed by atoms with van der Waals surface area (Å²) in [5, 5.41) is 1.25. The summed E-state index contributed by atoms with van der Waals surface area (Å²) in [6, 6.07) is -0.989. The number of hydrogen-bond donors (Lipinski definition) is 1. The van der Waals surface area contributed by atoms with Gasteiger partial charge in [0.05, 0.1) is 18.8 Å². The van der Waals surface area contributed by atoms with Crippen molar-refractivity contribution in [1.29, 1.82) is 0 Å². The molecule has 0 aromatic rings. The minimum absolute atomic E-state index is 0.0973. The van der Waals surface area contributed by atoms with Crippen molar-refractivity contribution in [2.24, 2.45) is 0 Å². The van der Waals surface area contributed by atoms with E-state index in [1.165, 1.54) is 0 Å². The number of amides is 4. The Labute approximate surface area is 133 Å². The smallest absolute Gasteiger partial charge is 0.407 e. The largest absolute Gasteiger partial charge is 0.444 e. The third kappa shape index (κ3) is 5.02. The van der Waals surface area contributed by atoms with Crippen LogP contribution in [0.2, 0.25) is 0 Å². The third-order valence-corrected chi connectivity index (χ3v) is 4.48. The van der Waals surface area contributed by atoms with Crippen molar-refractivity contribution < 1.29 is 27.5 Å². The van der Waals surface area contributed by atoms with Crippen LogP contribution >= 0.6 is 11.6 Å². The van der Waals surface area contributed by atoms with Crippen LogP contribution in [0.3, 0.4) is 0 Å². The van der Waals surface area contributed by atoms with Crippen LogP contribution in [-0.4, -0.2) is 66.1 Å². The van der Waals surface area contributed by atoms with Gasteiger partial charge in [0.1, 0.15) is 5.60 Å². The molecule has 0 unspecified atom stereocenters. The lowest BCUT2D eigenvalue weighted by atomic mass is 10.2. The van der Waals surface area contributed by atoms with Gasteiger partial charge >= 0.3 is 17.5 Å². The van der Waals surface area contributed by atoms with Crippen LogP contribution in [0.1, 0.15) is 20.8 Å². The first-order valence-corrected chi connectivity index (χ1v) is 8.41. The van der Waals surface area contributed by atoms with Gasteiger partial charge in [-0.2, -0.15) is 0 Å². The first kappa shape index (κ1) is 18.5. The van der Waals surface area contributed by atoms with E-state index in [0.29, 0.717) is 9.21 Å². The Hall–Kier alpha value is -1.55. The summed E-state index contributed by atoms with van der Waals surface area (Å²) in [5.74, 6) is -0.498. The maximum absolute atomic E-state index is 12.0. The fraction of sp³-hybridized carbons (Fsp3) is 0.727. The predicted octanol–water partition coefficient (Wildman–Crippen LogP) is 0.937. The fourth-order valence-corrected chi connectivity index (χ4v) is 3.08. The lowest BCUT2D eigenvalue weighted by Gasteiger charge is -2.20. The second-order valence-electron chi connectivity index (χ2n) is 5.50. The molecule has 4 amide bonds. The second kappa shape index (κ2) is 6.69. The normalized spacial score (nSPS) is 15.9. The molecule has 0 atom stereocenters. The second-order valence-corrected chi connectivity index (χ2v) is 7.84. The minimum Gasteiger partial charge on any atom is -0.444 e. The predicted molar refractivity (Wildman–Crippen MR) is 78.1 cm³/mol. The molecule has 0 radical (unpaired) electrons. The quantitative estimate of drug-likeness (QED) is 0.593. The summed E-state index contributed by atoms with van der Waals surface area (Å²) in [5.41, 5.74) is -0.699. The Morgan fingerprint density at radius 2 is 1.91 bits per heavy atom. The monoisotopic (exact) mass is 355 g/mol. The molecular formula is C11H18ClN3O6S. The number of carbonyl (C=O) groups is 3. The molecule has 126 valence electrons. The highest BCUT2D eigenvalue weighted by Crippen LogP contribution is 2.15. The van der Waals surface area contributed by atoms with Crippen LogP contribution in [0.4, 0.5) is 14.4 Å². The number of nitrogens with one attached hydrogen (secondary N) is 1. The van der Waals surface area contributed by atoms with Gasteiger partial charge in [-0.1, -0.05) is 0 Å². The molecule has 1 saturated heterocycles. The van der Waals surface area contributed by atoms with Crippen molar-refractivity contribution in [3.63, 3.8) is 0 Å². The summed E-state index contributed by atoms with van der Waals surface area (Å²) in [7, 11) is -3.95. The van der Waals surface area contributed by atoms with E-state index in [0.717, 1.165) is 0 Å². The number of halogens is 1. The Bertz CT molecular complexity index is 571. The lowest BCUT2D eigenvalue weighted by Crippen LogP contribution is -2.41. The van der Waals surface area contributed by atoms with Gasteiger partial charge < -0.3 is 10.1 Å². The highest BCUT2D eigenvalue weighted by molar-refractivity contribution is 7.89. The maximum atomic E-state index is 12.0. The zero-order chi connectivity index (χ0) is 17.1. The molecule has 9 nitrogen and oxygen atoms in total. The number of sulfonamides is 1. The highest BCUT2D eigenvalue weighted by Gasteiger charge is 2.39. The van der Waals surface area contributed by atoms with Crippen molar-refractivity contribution in [3.8, 4) is 0 Å². The fourth-order valence-electron chi connectivity index (χ4n) is 1.64. The van der Waals surface area contributed by atoms with Gasteiger partial charge in [-0.15, -0.1) is 0 Å². The van der Waals surface area contributed by atoms with E-state index in [1.54, 1.807) is 20.8 Å². The summed E-state index contributed by atoms with van der Waals surface area (Å²) < 4.78 is 29.5. The first-order chi connectivity index (χ1) is 9.94. The van der Waals surface area contributed by atoms with Crippen LogP contribution in [0.5, 0.6) is 0 Å². The zero-order valence-electron chi connectivity index (χ0n) is 12.5. The number of carbonyl (C=O) groups excluding carboxylic acids is 3. The van der Waals surface area contributed by atoms with E-state index < -0.39 is 38.9 Å². The SMILES string of the molecule is CC(C)(C)OC(=O)NCCS(=O)(=O)N1CCN(C(=O)Cl)C1=O. The number of hydrogen-bond acceptors (Lipinski definition) is 6. The van der Waals surface area contributed by atoms with Crippen LogP contribution in [0.15, 0.2) is 0 Å². The molecular weight excluding hydrogens is 338 g/mol. The van der Waals surface area contributed by atoms with E-state index in [1.807, 2.05) is 0 Å². The Morgan fingerprint density at radius 3 is 2.36 bits per heavy atom. The average molecular weight is 356 g/mol. The van der Waals surface area contributed by atoms with E-state index in [4.69, 9.17) is 16.3 Å². The summed E-state index contributed by atoms with van der Waals surface area (Å²) in [4.78, 5) is 34.7. The molecule has 0 bridgehead atoms. The van der Waals surface area contributed by atoms with Gasteiger partial charge in [-0.3, -0.25) is 4.79 Å². The summed E-state index contributed by atoms with van der Waals surface area (Å²) >= 11 is 5.17. The molecule has 22 heavy (non-hydrogen) atoms. The van der Waals surface area contributed by atoms with Crippen molar-refractivity contribution in [2.75, 3.05) is 25.4 Å². The molecule has 0 aromatic heterocycles. The topological polar surface area (TPSA) is 113 Å². The van der Waals surface area contributed by atoms with Crippen molar-refractivity contribution in [2.45, 2.75) is 26.4 Å². The number of nitrogens with zero attached hydrogens (tertiary/aromatic N) is 2. The van der Waals surface area contributed by atoms with Gasteiger partial charge in [0.2, 0.25) is 10.0 Å². The molecule has 1 rings (SSSR count). The molecule has 0 saturated carbocycles. The lowest BCUT2D eigenvalue weighted by molar-refractivity contribution is 0.0531.